The first kappa shape index (κ1) is 13.3. The standard InChI is InChI=1S/C13H9Br2ClO3/c14-8-6-11-10(17-3-4-18-11)5-7(8)13(15)9-1-2-12(16)19-9/h1-2,5-6,13H,3-4H2. The van der Waals surface area contributed by atoms with Crippen molar-refractivity contribution in [3.63, 3.8) is 0 Å². The first-order valence-electron chi connectivity index (χ1n) is 5.63. The van der Waals surface area contributed by atoms with Crippen LogP contribution in [0.3, 0.4) is 0 Å². The molecular weight excluding hydrogens is 399 g/mol. The van der Waals surface area contributed by atoms with Crippen LogP contribution in [0.5, 0.6) is 11.5 Å². The van der Waals surface area contributed by atoms with Crippen molar-refractivity contribution in [2.24, 2.45) is 0 Å². The van der Waals surface area contributed by atoms with Crippen molar-refractivity contribution in [2.75, 3.05) is 13.2 Å². The van der Waals surface area contributed by atoms with Gasteiger partial charge in [-0.15, -0.1) is 0 Å². The molecular formula is C13H9Br2ClO3. The Labute approximate surface area is 132 Å². The van der Waals surface area contributed by atoms with Crippen LogP contribution in [0.1, 0.15) is 16.2 Å². The van der Waals surface area contributed by atoms with E-state index in [2.05, 4.69) is 31.9 Å². The van der Waals surface area contributed by atoms with E-state index in [1.54, 1.807) is 6.07 Å². The molecule has 0 fully saturated rings. The van der Waals surface area contributed by atoms with E-state index in [1.807, 2.05) is 18.2 Å². The maximum atomic E-state index is 5.80. The van der Waals surface area contributed by atoms with Crippen LogP contribution < -0.4 is 9.47 Å². The third kappa shape index (κ3) is 2.64. The second kappa shape index (κ2) is 5.38. The van der Waals surface area contributed by atoms with Crippen LogP contribution in [-0.2, 0) is 0 Å². The summed E-state index contributed by atoms with van der Waals surface area (Å²) in [6.07, 6.45) is 0. The first-order valence-corrected chi connectivity index (χ1v) is 7.72. The second-order valence-corrected chi connectivity index (χ2v) is 6.16. The lowest BCUT2D eigenvalue weighted by atomic mass is 10.1. The largest absolute Gasteiger partial charge is 0.486 e. The van der Waals surface area contributed by atoms with E-state index in [4.69, 9.17) is 25.5 Å². The maximum Gasteiger partial charge on any atom is 0.193 e. The molecule has 0 N–H and O–H groups in total. The fourth-order valence-electron chi connectivity index (χ4n) is 1.89. The molecule has 6 heteroatoms. The highest BCUT2D eigenvalue weighted by atomic mass is 79.9. The Bertz CT molecular complexity index is 612. The third-order valence-corrected chi connectivity index (χ3v) is 4.61. The molecule has 3 nitrogen and oxygen atoms in total. The summed E-state index contributed by atoms with van der Waals surface area (Å²) in [6, 6.07) is 7.40. The van der Waals surface area contributed by atoms with Crippen molar-refractivity contribution in [3.8, 4) is 11.5 Å². The Morgan fingerprint density at radius 1 is 1.11 bits per heavy atom. The summed E-state index contributed by atoms with van der Waals surface area (Å²) in [5.41, 5.74) is 0.996. The minimum atomic E-state index is -0.106. The molecule has 0 bridgehead atoms. The summed E-state index contributed by atoms with van der Waals surface area (Å²) in [6.45, 7) is 1.14. The lowest BCUT2D eigenvalue weighted by molar-refractivity contribution is 0.171. The molecule has 0 radical (unpaired) electrons. The van der Waals surface area contributed by atoms with Crippen LogP contribution in [0.4, 0.5) is 0 Å². The summed E-state index contributed by atoms with van der Waals surface area (Å²) in [4.78, 5) is -0.106. The molecule has 19 heavy (non-hydrogen) atoms. The van der Waals surface area contributed by atoms with Crippen LogP contribution >= 0.6 is 43.5 Å². The average molecular weight is 408 g/mol. The highest BCUT2D eigenvalue weighted by molar-refractivity contribution is 9.11. The van der Waals surface area contributed by atoms with Gasteiger partial charge in [0, 0.05) is 4.47 Å². The zero-order chi connectivity index (χ0) is 13.4. The summed E-state index contributed by atoms with van der Waals surface area (Å²) in [5, 5.41) is 0.369. The molecule has 0 aliphatic carbocycles. The average Bonchev–Trinajstić information content (AvgIpc) is 2.84. The Kier molecular flexibility index (Phi) is 3.78. The molecule has 0 spiro atoms. The Balaban J connectivity index is 2.00. The minimum absolute atomic E-state index is 0.106. The van der Waals surface area contributed by atoms with Crippen molar-refractivity contribution in [1.82, 2.24) is 0 Å². The van der Waals surface area contributed by atoms with Gasteiger partial charge in [0.25, 0.3) is 0 Å². The van der Waals surface area contributed by atoms with E-state index in [9.17, 15) is 0 Å². The Hall–Kier alpha value is -0.650. The monoisotopic (exact) mass is 406 g/mol. The van der Waals surface area contributed by atoms with Crippen LogP contribution in [0.15, 0.2) is 33.2 Å². The molecule has 3 rings (SSSR count). The number of hydrogen-bond acceptors (Lipinski definition) is 3. The highest BCUT2D eigenvalue weighted by Crippen LogP contribution is 2.43. The normalized spacial score (nSPS) is 15.3. The number of hydrogen-bond donors (Lipinski definition) is 0. The van der Waals surface area contributed by atoms with Crippen molar-refractivity contribution >= 4 is 43.5 Å². The molecule has 2 heterocycles. The van der Waals surface area contributed by atoms with E-state index in [0.717, 1.165) is 27.3 Å². The predicted molar refractivity (Wildman–Crippen MR) is 79.6 cm³/mol. The zero-order valence-electron chi connectivity index (χ0n) is 9.66. The van der Waals surface area contributed by atoms with Gasteiger partial charge >= 0.3 is 0 Å². The number of rotatable bonds is 2. The van der Waals surface area contributed by atoms with Gasteiger partial charge in [-0.2, -0.15) is 0 Å². The van der Waals surface area contributed by atoms with Crippen LogP contribution in [0.2, 0.25) is 5.22 Å². The second-order valence-electron chi connectivity index (χ2n) is 4.02. The fourth-order valence-corrected chi connectivity index (χ4v) is 3.53. The van der Waals surface area contributed by atoms with Crippen molar-refractivity contribution in [2.45, 2.75) is 4.83 Å². The molecule has 1 aromatic heterocycles. The molecule has 2 aromatic rings. The zero-order valence-corrected chi connectivity index (χ0v) is 13.6. The molecule has 1 atom stereocenters. The van der Waals surface area contributed by atoms with Gasteiger partial charge in [0.2, 0.25) is 0 Å². The fraction of sp³-hybridized carbons (Fsp3) is 0.231. The molecule has 1 unspecified atom stereocenters. The van der Waals surface area contributed by atoms with Gasteiger partial charge in [-0.25, -0.2) is 0 Å². The summed E-state index contributed by atoms with van der Waals surface area (Å²) < 4.78 is 17.5. The van der Waals surface area contributed by atoms with E-state index in [1.165, 1.54) is 0 Å². The minimum Gasteiger partial charge on any atom is -0.486 e. The molecule has 0 saturated carbocycles. The van der Waals surface area contributed by atoms with Gasteiger partial charge in [0.15, 0.2) is 16.7 Å². The van der Waals surface area contributed by atoms with Crippen molar-refractivity contribution < 1.29 is 13.9 Å². The molecule has 1 aliphatic rings. The number of ether oxygens (including phenoxy) is 2. The van der Waals surface area contributed by atoms with E-state index >= 15 is 0 Å². The number of furan rings is 1. The quantitative estimate of drug-likeness (QED) is 0.659. The molecule has 1 aromatic carbocycles. The Morgan fingerprint density at radius 2 is 1.79 bits per heavy atom. The van der Waals surface area contributed by atoms with Gasteiger partial charge in [0.05, 0.1) is 4.83 Å². The molecule has 100 valence electrons. The molecule has 0 saturated heterocycles. The number of benzene rings is 1. The van der Waals surface area contributed by atoms with Gasteiger partial charge < -0.3 is 13.9 Å². The summed E-state index contributed by atoms with van der Waals surface area (Å²) in [7, 11) is 0. The lowest BCUT2D eigenvalue weighted by Gasteiger charge is -2.21. The van der Waals surface area contributed by atoms with E-state index in [-0.39, 0.29) is 4.83 Å². The van der Waals surface area contributed by atoms with Crippen molar-refractivity contribution in [3.05, 3.63) is 45.3 Å². The van der Waals surface area contributed by atoms with Gasteiger partial charge in [-0.1, -0.05) is 31.9 Å². The van der Waals surface area contributed by atoms with E-state index < -0.39 is 0 Å². The van der Waals surface area contributed by atoms with Gasteiger partial charge in [0.1, 0.15) is 19.0 Å². The third-order valence-electron chi connectivity index (χ3n) is 2.78. The molecule has 1 aliphatic heterocycles. The van der Waals surface area contributed by atoms with E-state index in [0.29, 0.717) is 18.4 Å². The summed E-state index contributed by atoms with van der Waals surface area (Å²) in [5.74, 6) is 2.23. The topological polar surface area (TPSA) is 31.6 Å². The maximum absolute atomic E-state index is 5.80. The number of halogens is 3. The summed E-state index contributed by atoms with van der Waals surface area (Å²) >= 11 is 13.0. The Morgan fingerprint density at radius 3 is 2.42 bits per heavy atom. The first-order chi connectivity index (χ1) is 9.15. The number of alkyl halides is 1. The number of fused-ring (bicyclic) bond motifs is 1. The predicted octanol–water partition coefficient (Wildman–Crippen LogP) is 4.95. The lowest BCUT2D eigenvalue weighted by Crippen LogP contribution is -2.15. The van der Waals surface area contributed by atoms with Crippen LogP contribution in [-0.4, -0.2) is 13.2 Å². The van der Waals surface area contributed by atoms with Gasteiger partial charge in [-0.05, 0) is 41.4 Å². The smallest absolute Gasteiger partial charge is 0.193 e. The highest BCUT2D eigenvalue weighted by Gasteiger charge is 2.21. The molecule has 0 amide bonds. The van der Waals surface area contributed by atoms with Crippen molar-refractivity contribution in [1.29, 1.82) is 0 Å². The van der Waals surface area contributed by atoms with Crippen LogP contribution in [0.25, 0.3) is 0 Å². The SMILES string of the molecule is Clc1ccc(C(Br)c2cc3c(cc2Br)OCCO3)o1. The van der Waals surface area contributed by atoms with Crippen LogP contribution in [0, 0.1) is 0 Å². The van der Waals surface area contributed by atoms with Gasteiger partial charge in [-0.3, -0.25) is 0 Å².